The normalized spacial score (nSPS) is 11.7. The predicted octanol–water partition coefficient (Wildman–Crippen LogP) is 1.28. The van der Waals surface area contributed by atoms with E-state index in [1.165, 1.54) is 0 Å². The summed E-state index contributed by atoms with van der Waals surface area (Å²) < 4.78 is 5.41. The van der Waals surface area contributed by atoms with Gasteiger partial charge < -0.3 is 20.6 Å². The van der Waals surface area contributed by atoms with Gasteiger partial charge in [0.05, 0.1) is 12.7 Å². The van der Waals surface area contributed by atoms with E-state index in [1.807, 2.05) is 13.8 Å². The first-order chi connectivity index (χ1) is 9.45. The van der Waals surface area contributed by atoms with E-state index in [2.05, 4.69) is 5.16 Å². The number of nitrogens with zero attached hydrogens (tertiary/aromatic N) is 2. The van der Waals surface area contributed by atoms with Crippen LogP contribution in [0.5, 0.6) is 0 Å². The highest BCUT2D eigenvalue weighted by Gasteiger charge is 2.12. The Labute approximate surface area is 118 Å². The van der Waals surface area contributed by atoms with Crippen LogP contribution in [0.3, 0.4) is 0 Å². The van der Waals surface area contributed by atoms with E-state index >= 15 is 0 Å². The van der Waals surface area contributed by atoms with Crippen molar-refractivity contribution in [2.75, 3.05) is 20.2 Å². The minimum Gasteiger partial charge on any atom is -0.409 e. The molecular formula is C14H21N3O3. The molecule has 20 heavy (non-hydrogen) atoms. The molecule has 1 rings (SSSR count). The van der Waals surface area contributed by atoms with Crippen molar-refractivity contribution >= 4 is 11.7 Å². The number of carbonyl (C=O) groups is 1. The Balaban J connectivity index is 2.63. The number of benzene rings is 1. The van der Waals surface area contributed by atoms with Gasteiger partial charge in [-0.05, 0) is 26.0 Å². The number of rotatable bonds is 6. The van der Waals surface area contributed by atoms with Gasteiger partial charge in [0, 0.05) is 24.7 Å². The van der Waals surface area contributed by atoms with Crippen molar-refractivity contribution < 1.29 is 14.7 Å². The molecule has 3 N–H and O–H groups in total. The molecule has 0 aromatic heterocycles. The third-order valence-corrected chi connectivity index (χ3v) is 2.76. The van der Waals surface area contributed by atoms with Crippen molar-refractivity contribution in [1.29, 1.82) is 0 Å². The van der Waals surface area contributed by atoms with Crippen molar-refractivity contribution in [3.63, 3.8) is 0 Å². The van der Waals surface area contributed by atoms with E-state index in [1.54, 1.807) is 36.2 Å². The zero-order valence-corrected chi connectivity index (χ0v) is 12.0. The Kier molecular flexibility index (Phi) is 5.99. The average molecular weight is 279 g/mol. The van der Waals surface area contributed by atoms with Gasteiger partial charge in [0.25, 0.3) is 5.91 Å². The highest BCUT2D eigenvalue weighted by molar-refractivity contribution is 5.99. The number of amidine groups is 1. The molecule has 0 saturated carbocycles. The Morgan fingerprint density at radius 3 is 2.40 bits per heavy atom. The zero-order chi connectivity index (χ0) is 15.1. The summed E-state index contributed by atoms with van der Waals surface area (Å²) in [5.74, 6) is -0.0777. The van der Waals surface area contributed by atoms with Gasteiger partial charge in [0.2, 0.25) is 0 Å². The SMILES string of the molecule is CC(C)OCCN(C)C(=O)c1ccc(/C(N)=N/O)cc1. The minimum absolute atomic E-state index is 0.0164. The molecule has 1 aromatic rings. The molecule has 0 aliphatic rings. The van der Waals surface area contributed by atoms with E-state index in [4.69, 9.17) is 15.7 Å². The summed E-state index contributed by atoms with van der Waals surface area (Å²) >= 11 is 0. The summed E-state index contributed by atoms with van der Waals surface area (Å²) in [6.07, 6.45) is 0.151. The van der Waals surface area contributed by atoms with Crippen molar-refractivity contribution in [2.24, 2.45) is 10.9 Å². The molecule has 0 atom stereocenters. The first kappa shape index (κ1) is 16.0. The number of likely N-dealkylation sites (N-methyl/N-ethyl adjacent to an activating group) is 1. The highest BCUT2D eigenvalue weighted by atomic mass is 16.5. The third-order valence-electron chi connectivity index (χ3n) is 2.76. The lowest BCUT2D eigenvalue weighted by molar-refractivity contribution is 0.0532. The molecule has 0 bridgehead atoms. The molecule has 0 fully saturated rings. The van der Waals surface area contributed by atoms with E-state index in [-0.39, 0.29) is 17.8 Å². The zero-order valence-electron chi connectivity index (χ0n) is 12.0. The van der Waals surface area contributed by atoms with Crippen LogP contribution in [0, 0.1) is 0 Å². The van der Waals surface area contributed by atoms with Crippen LogP contribution in [0.4, 0.5) is 0 Å². The van der Waals surface area contributed by atoms with Crippen LogP contribution in [0.25, 0.3) is 0 Å². The fraction of sp³-hybridized carbons (Fsp3) is 0.429. The van der Waals surface area contributed by atoms with Crippen LogP contribution < -0.4 is 5.73 Å². The molecular weight excluding hydrogens is 258 g/mol. The molecule has 0 saturated heterocycles. The van der Waals surface area contributed by atoms with Gasteiger partial charge in [-0.3, -0.25) is 4.79 Å². The van der Waals surface area contributed by atoms with Crippen molar-refractivity contribution in [3.8, 4) is 0 Å². The van der Waals surface area contributed by atoms with Crippen molar-refractivity contribution in [3.05, 3.63) is 35.4 Å². The van der Waals surface area contributed by atoms with Crippen molar-refractivity contribution in [1.82, 2.24) is 4.90 Å². The topological polar surface area (TPSA) is 88.2 Å². The molecule has 0 radical (unpaired) electrons. The molecule has 110 valence electrons. The summed E-state index contributed by atoms with van der Waals surface area (Å²) in [6.45, 7) is 4.93. The van der Waals surface area contributed by atoms with Crippen LogP contribution >= 0.6 is 0 Å². The Bertz CT molecular complexity index is 469. The lowest BCUT2D eigenvalue weighted by Crippen LogP contribution is -2.30. The first-order valence-corrected chi connectivity index (χ1v) is 6.40. The van der Waals surface area contributed by atoms with Gasteiger partial charge in [-0.1, -0.05) is 17.3 Å². The summed E-state index contributed by atoms with van der Waals surface area (Å²) in [6, 6.07) is 6.58. The van der Waals surface area contributed by atoms with Crippen LogP contribution in [-0.2, 0) is 4.74 Å². The second-order valence-electron chi connectivity index (χ2n) is 4.71. The molecule has 6 heteroatoms. The van der Waals surface area contributed by atoms with E-state index in [0.29, 0.717) is 24.3 Å². The molecule has 1 aromatic carbocycles. The largest absolute Gasteiger partial charge is 0.409 e. The molecule has 6 nitrogen and oxygen atoms in total. The number of ether oxygens (including phenoxy) is 1. The number of hydrogen-bond acceptors (Lipinski definition) is 4. The maximum Gasteiger partial charge on any atom is 0.253 e. The lowest BCUT2D eigenvalue weighted by Gasteiger charge is -2.18. The standard InChI is InChI=1S/C14H21N3O3/c1-10(2)20-9-8-17(3)14(18)12-6-4-11(5-7-12)13(15)16-19/h4-7,10,19H,8-9H2,1-3H3,(H2,15,16). The number of carbonyl (C=O) groups excluding carboxylic acids is 1. The molecule has 0 aliphatic heterocycles. The van der Waals surface area contributed by atoms with Crippen LogP contribution in [0.1, 0.15) is 29.8 Å². The molecule has 0 spiro atoms. The maximum absolute atomic E-state index is 12.1. The first-order valence-electron chi connectivity index (χ1n) is 6.40. The van der Waals surface area contributed by atoms with Gasteiger partial charge in [-0.2, -0.15) is 0 Å². The molecule has 1 amide bonds. The lowest BCUT2D eigenvalue weighted by atomic mass is 10.1. The second-order valence-corrected chi connectivity index (χ2v) is 4.71. The van der Waals surface area contributed by atoms with Crippen LogP contribution in [0.15, 0.2) is 29.4 Å². The van der Waals surface area contributed by atoms with Gasteiger partial charge in [-0.15, -0.1) is 0 Å². The molecule has 0 heterocycles. The number of amides is 1. The van der Waals surface area contributed by atoms with E-state index in [0.717, 1.165) is 0 Å². The monoisotopic (exact) mass is 279 g/mol. The quantitative estimate of drug-likeness (QED) is 0.355. The number of hydrogen-bond donors (Lipinski definition) is 2. The van der Waals surface area contributed by atoms with Crippen LogP contribution in [0.2, 0.25) is 0 Å². The van der Waals surface area contributed by atoms with Crippen LogP contribution in [-0.4, -0.2) is 48.2 Å². The summed E-state index contributed by atoms with van der Waals surface area (Å²) in [7, 11) is 1.73. The Hall–Kier alpha value is -2.08. The maximum atomic E-state index is 12.1. The van der Waals surface area contributed by atoms with Gasteiger partial charge >= 0.3 is 0 Å². The summed E-state index contributed by atoms with van der Waals surface area (Å²) in [4.78, 5) is 13.7. The Morgan fingerprint density at radius 1 is 1.35 bits per heavy atom. The van der Waals surface area contributed by atoms with Crippen molar-refractivity contribution in [2.45, 2.75) is 20.0 Å². The van der Waals surface area contributed by atoms with Gasteiger partial charge in [-0.25, -0.2) is 0 Å². The minimum atomic E-state index is -0.0941. The van der Waals surface area contributed by atoms with E-state index < -0.39 is 0 Å². The number of nitrogens with two attached hydrogens (primary N) is 1. The average Bonchev–Trinajstić information content (AvgIpc) is 2.45. The molecule has 0 aliphatic carbocycles. The second kappa shape index (κ2) is 7.49. The summed E-state index contributed by atoms with van der Waals surface area (Å²) in [5.41, 5.74) is 6.57. The fourth-order valence-electron chi connectivity index (χ4n) is 1.59. The van der Waals surface area contributed by atoms with Gasteiger partial charge in [0.1, 0.15) is 0 Å². The van der Waals surface area contributed by atoms with Gasteiger partial charge in [0.15, 0.2) is 5.84 Å². The van der Waals surface area contributed by atoms with E-state index in [9.17, 15) is 4.79 Å². The smallest absolute Gasteiger partial charge is 0.253 e. The predicted molar refractivity (Wildman–Crippen MR) is 77.0 cm³/mol. The third kappa shape index (κ3) is 4.55. The highest BCUT2D eigenvalue weighted by Crippen LogP contribution is 2.07. The number of oxime groups is 1. The molecule has 0 unspecified atom stereocenters. The Morgan fingerprint density at radius 2 is 1.90 bits per heavy atom. The fourth-order valence-corrected chi connectivity index (χ4v) is 1.59. The summed E-state index contributed by atoms with van der Waals surface area (Å²) in [5, 5.41) is 11.5.